The van der Waals surface area contributed by atoms with Gasteiger partial charge in [0.15, 0.2) is 0 Å². The van der Waals surface area contributed by atoms with Gasteiger partial charge in [-0.25, -0.2) is 0 Å². The highest BCUT2D eigenvalue weighted by molar-refractivity contribution is 8.48. The SMILES string of the molecule is C=CC/C(C)=C\C(Cc1ccc(C2=CS2(C)N=O)s1)=C(\Cl)CC. The summed E-state index contributed by atoms with van der Waals surface area (Å²) in [5, 5.41) is 2.90. The second-order valence-electron chi connectivity index (χ2n) is 5.70. The molecule has 0 aromatic carbocycles. The molecule has 2 nitrogen and oxygen atoms in total. The third-order valence-electron chi connectivity index (χ3n) is 3.69. The van der Waals surface area contributed by atoms with E-state index in [9.17, 15) is 4.91 Å². The molecular weight excluding hydrogens is 346 g/mol. The monoisotopic (exact) mass is 367 g/mol. The number of allylic oxidation sites excluding steroid dienone is 5. The molecule has 124 valence electrons. The summed E-state index contributed by atoms with van der Waals surface area (Å²) in [7, 11) is -1.46. The Balaban J connectivity index is 2.17. The molecular formula is C18H22ClNOS2. The predicted molar refractivity (Wildman–Crippen MR) is 107 cm³/mol. The zero-order valence-corrected chi connectivity index (χ0v) is 16.2. The van der Waals surface area contributed by atoms with E-state index < -0.39 is 10.2 Å². The lowest BCUT2D eigenvalue weighted by Crippen LogP contribution is -1.90. The Morgan fingerprint density at radius 3 is 2.78 bits per heavy atom. The third-order valence-corrected chi connectivity index (χ3v) is 7.43. The Morgan fingerprint density at radius 2 is 2.22 bits per heavy atom. The van der Waals surface area contributed by atoms with Crippen molar-refractivity contribution in [1.82, 2.24) is 0 Å². The second kappa shape index (κ2) is 7.65. The Bertz CT molecular complexity index is 714. The van der Waals surface area contributed by atoms with Gasteiger partial charge in [-0.2, -0.15) is 0 Å². The number of nitrogens with zero attached hydrogens (tertiary/aromatic N) is 1. The number of rotatable bonds is 8. The summed E-state index contributed by atoms with van der Waals surface area (Å²) in [5.41, 5.74) is 2.42. The van der Waals surface area contributed by atoms with Gasteiger partial charge in [-0.3, -0.25) is 0 Å². The molecule has 0 N–H and O–H groups in total. The van der Waals surface area contributed by atoms with Gasteiger partial charge < -0.3 is 0 Å². The molecule has 0 saturated heterocycles. The highest BCUT2D eigenvalue weighted by Gasteiger charge is 2.37. The molecule has 2 rings (SSSR count). The maximum atomic E-state index is 10.9. The van der Waals surface area contributed by atoms with Crippen LogP contribution < -0.4 is 0 Å². The minimum atomic E-state index is -1.46. The van der Waals surface area contributed by atoms with E-state index in [4.69, 9.17) is 11.6 Å². The van der Waals surface area contributed by atoms with E-state index in [2.05, 4.69) is 43.2 Å². The van der Waals surface area contributed by atoms with E-state index in [0.29, 0.717) is 0 Å². The van der Waals surface area contributed by atoms with Gasteiger partial charge in [0.25, 0.3) is 0 Å². The average molecular weight is 368 g/mol. The maximum Gasteiger partial charge on any atom is 0.0420 e. The molecule has 1 unspecified atom stereocenters. The Kier molecular flexibility index (Phi) is 6.06. The fourth-order valence-corrected chi connectivity index (χ4v) is 5.62. The van der Waals surface area contributed by atoms with Crippen LogP contribution in [-0.4, -0.2) is 6.26 Å². The number of nitroso groups, excluding NO2 is 1. The van der Waals surface area contributed by atoms with Gasteiger partial charge in [-0.05, 0) is 53.7 Å². The summed E-state index contributed by atoms with van der Waals surface area (Å²) in [6.45, 7) is 7.95. The van der Waals surface area contributed by atoms with Crippen LogP contribution in [0.5, 0.6) is 0 Å². The van der Waals surface area contributed by atoms with E-state index >= 15 is 0 Å². The minimum Gasteiger partial charge on any atom is -0.139 e. The quantitative estimate of drug-likeness (QED) is 0.272. The third kappa shape index (κ3) is 4.46. The number of thiophene rings is 1. The van der Waals surface area contributed by atoms with E-state index in [1.54, 1.807) is 11.3 Å². The fourth-order valence-electron chi connectivity index (χ4n) is 2.34. The highest BCUT2D eigenvalue weighted by atomic mass is 35.5. The van der Waals surface area contributed by atoms with Gasteiger partial charge in [-0.1, -0.05) is 46.5 Å². The van der Waals surface area contributed by atoms with Gasteiger partial charge >= 0.3 is 0 Å². The summed E-state index contributed by atoms with van der Waals surface area (Å²) in [6.07, 6.45) is 8.52. The molecule has 5 heteroatoms. The van der Waals surface area contributed by atoms with Gasteiger partial charge in [0.2, 0.25) is 0 Å². The first-order valence-corrected chi connectivity index (χ1v) is 10.8. The van der Waals surface area contributed by atoms with Crippen molar-refractivity contribution in [3.63, 3.8) is 0 Å². The van der Waals surface area contributed by atoms with Crippen molar-refractivity contribution >= 4 is 38.1 Å². The van der Waals surface area contributed by atoms with Crippen LogP contribution in [0, 0.1) is 4.91 Å². The van der Waals surface area contributed by atoms with Crippen LogP contribution in [0.3, 0.4) is 0 Å². The molecule has 1 atom stereocenters. The van der Waals surface area contributed by atoms with Crippen LogP contribution >= 0.6 is 33.2 Å². The van der Waals surface area contributed by atoms with Crippen molar-refractivity contribution in [2.24, 2.45) is 4.58 Å². The average Bonchev–Trinajstić information content (AvgIpc) is 3.00. The molecule has 0 radical (unpaired) electrons. The molecule has 1 aliphatic heterocycles. The summed E-state index contributed by atoms with van der Waals surface area (Å²) >= 11 is 8.15. The van der Waals surface area contributed by atoms with Crippen molar-refractivity contribution in [1.29, 1.82) is 0 Å². The molecule has 1 aliphatic rings. The van der Waals surface area contributed by atoms with E-state index in [1.807, 2.05) is 17.7 Å². The first kappa shape index (κ1) is 18.2. The lowest BCUT2D eigenvalue weighted by Gasteiger charge is -2.07. The maximum absolute atomic E-state index is 10.9. The molecule has 0 saturated carbocycles. The van der Waals surface area contributed by atoms with Gasteiger partial charge in [-0.15, -0.1) is 22.8 Å². The first-order valence-electron chi connectivity index (χ1n) is 7.52. The van der Waals surface area contributed by atoms with Crippen LogP contribution in [0.15, 0.2) is 57.0 Å². The minimum absolute atomic E-state index is 0.819. The van der Waals surface area contributed by atoms with Crippen molar-refractivity contribution in [2.75, 3.05) is 6.26 Å². The summed E-state index contributed by atoms with van der Waals surface area (Å²) in [6, 6.07) is 4.22. The lowest BCUT2D eigenvalue weighted by molar-refractivity contribution is 1.10. The van der Waals surface area contributed by atoms with Crippen LogP contribution in [0.25, 0.3) is 4.91 Å². The van der Waals surface area contributed by atoms with E-state index in [0.717, 1.165) is 39.7 Å². The fraction of sp³-hybridized carbons (Fsp3) is 0.333. The van der Waals surface area contributed by atoms with Gasteiger partial charge in [0.1, 0.15) is 0 Å². The van der Waals surface area contributed by atoms with E-state index in [-0.39, 0.29) is 0 Å². The highest BCUT2D eigenvalue weighted by Crippen LogP contribution is 2.74. The zero-order chi connectivity index (χ0) is 17.0. The van der Waals surface area contributed by atoms with Crippen molar-refractivity contribution in [3.8, 4) is 0 Å². The molecule has 1 aromatic heterocycles. The van der Waals surface area contributed by atoms with Crippen LogP contribution in [0.2, 0.25) is 0 Å². The first-order chi connectivity index (χ1) is 10.9. The molecule has 1 aromatic rings. The van der Waals surface area contributed by atoms with Gasteiger partial charge in [0, 0.05) is 26.1 Å². The molecule has 0 bridgehead atoms. The lowest BCUT2D eigenvalue weighted by atomic mass is 10.1. The van der Waals surface area contributed by atoms with Gasteiger partial charge in [0.05, 0.1) is 0 Å². The summed E-state index contributed by atoms with van der Waals surface area (Å²) in [4.78, 5) is 14.4. The van der Waals surface area contributed by atoms with Crippen LogP contribution in [0.1, 0.15) is 36.4 Å². The second-order valence-corrected chi connectivity index (χ2v) is 10.0. The topological polar surface area (TPSA) is 29.4 Å². The summed E-state index contributed by atoms with van der Waals surface area (Å²) < 4.78 is 3.26. The molecule has 0 aliphatic carbocycles. The molecule has 2 heterocycles. The van der Waals surface area contributed by atoms with Crippen molar-refractivity contribution in [2.45, 2.75) is 33.1 Å². The number of hydrogen-bond acceptors (Lipinski definition) is 3. The Hall–Kier alpha value is -1.10. The molecule has 23 heavy (non-hydrogen) atoms. The standard InChI is InChI=1S/C18H22ClNOS2/c1-5-7-13(3)10-14(16(19)6-2)11-15-8-9-17(22-15)18-12-23(18,4)20-21/h5,8-10,12H,1,6-7,11H2,2-4H3/b13-10-,16-14-. The van der Waals surface area contributed by atoms with Crippen molar-refractivity contribution < 1.29 is 0 Å². The predicted octanol–water partition coefficient (Wildman–Crippen LogP) is 7.14. The van der Waals surface area contributed by atoms with Crippen LogP contribution in [-0.2, 0) is 6.42 Å². The number of halogens is 1. The largest absolute Gasteiger partial charge is 0.139 e. The normalized spacial score (nSPS) is 24.3. The van der Waals surface area contributed by atoms with E-state index in [1.165, 1.54) is 10.5 Å². The molecule has 0 fully saturated rings. The molecule has 0 amide bonds. The molecule has 0 spiro atoms. The Morgan fingerprint density at radius 1 is 1.48 bits per heavy atom. The van der Waals surface area contributed by atoms with Crippen LogP contribution in [0.4, 0.5) is 0 Å². The smallest absolute Gasteiger partial charge is 0.0420 e. The Labute approximate surface area is 149 Å². The summed E-state index contributed by atoms with van der Waals surface area (Å²) in [5.74, 6) is 0. The van der Waals surface area contributed by atoms with Crippen molar-refractivity contribution in [3.05, 3.63) is 67.1 Å². The zero-order valence-electron chi connectivity index (χ0n) is 13.8. The number of hydrogen-bond donors (Lipinski definition) is 0.